The minimum Gasteiger partial charge on any atom is -0.494 e. The Kier molecular flexibility index (Phi) is 8.31. The maximum absolute atomic E-state index is 12.5. The molecule has 9 nitrogen and oxygen atoms in total. The van der Waals surface area contributed by atoms with E-state index < -0.39 is 0 Å². The number of H-pyrrole nitrogens is 1. The van der Waals surface area contributed by atoms with Gasteiger partial charge in [-0.3, -0.25) is 13.9 Å². The van der Waals surface area contributed by atoms with E-state index >= 15 is 0 Å². The number of unbranched alkanes of at least 4 members (excludes halogenated alkanes) is 1. The van der Waals surface area contributed by atoms with Crippen molar-refractivity contribution in [3.05, 3.63) is 57.2 Å². The summed E-state index contributed by atoms with van der Waals surface area (Å²) in [6.45, 7) is 4.32. The van der Waals surface area contributed by atoms with Gasteiger partial charge in [-0.25, -0.2) is 4.79 Å². The molecule has 0 saturated heterocycles. The Morgan fingerprint density at radius 1 is 0.742 bits per heavy atom. The van der Waals surface area contributed by atoms with Crippen molar-refractivity contribution in [3.63, 3.8) is 0 Å². The molecule has 3 aromatic rings. The summed E-state index contributed by atoms with van der Waals surface area (Å²) in [7, 11) is 0. The Hall–Kier alpha value is -3.04. The van der Waals surface area contributed by atoms with Crippen molar-refractivity contribution in [2.45, 2.75) is 38.8 Å². The van der Waals surface area contributed by atoms with Gasteiger partial charge in [-0.15, -0.1) is 0 Å². The first kappa shape index (κ1) is 22.6. The van der Waals surface area contributed by atoms with E-state index in [9.17, 15) is 19.8 Å². The van der Waals surface area contributed by atoms with E-state index in [0.717, 1.165) is 45.4 Å². The first-order valence-corrected chi connectivity index (χ1v) is 10.8. The highest BCUT2D eigenvalue weighted by atomic mass is 16.3. The molecule has 0 atom stereocenters. The quantitative estimate of drug-likeness (QED) is 0.261. The highest BCUT2D eigenvalue weighted by molar-refractivity contribution is 5.76. The Morgan fingerprint density at radius 3 is 1.94 bits per heavy atom. The predicted octanol–water partition coefficient (Wildman–Crippen LogP) is 1.34. The number of aromatic nitrogens is 3. The molecule has 168 valence electrons. The van der Waals surface area contributed by atoms with Gasteiger partial charge in [-0.05, 0) is 64.0 Å². The number of rotatable bonds is 13. The second kappa shape index (κ2) is 11.4. The minimum atomic E-state index is -0.364. The maximum Gasteiger partial charge on any atom is 0.328 e. The van der Waals surface area contributed by atoms with Crippen LogP contribution in [0.25, 0.3) is 10.9 Å². The van der Waals surface area contributed by atoms with Gasteiger partial charge in [0.15, 0.2) is 11.8 Å². The summed E-state index contributed by atoms with van der Waals surface area (Å²) in [5, 5.41) is 26.4. The molecule has 5 N–H and O–H groups in total. The molecular formula is C22H31N5O4. The van der Waals surface area contributed by atoms with Gasteiger partial charge in [0.25, 0.3) is 5.56 Å². The van der Waals surface area contributed by atoms with E-state index in [4.69, 9.17) is 0 Å². The largest absolute Gasteiger partial charge is 0.494 e. The van der Waals surface area contributed by atoms with Crippen molar-refractivity contribution in [2.24, 2.45) is 0 Å². The van der Waals surface area contributed by atoms with Gasteiger partial charge in [-0.2, -0.15) is 0 Å². The van der Waals surface area contributed by atoms with Gasteiger partial charge in [0.2, 0.25) is 0 Å². The number of para-hydroxylation sites is 1. The fourth-order valence-corrected chi connectivity index (χ4v) is 3.55. The molecule has 0 aliphatic heterocycles. The van der Waals surface area contributed by atoms with Crippen molar-refractivity contribution in [1.82, 2.24) is 24.8 Å². The van der Waals surface area contributed by atoms with Gasteiger partial charge >= 0.3 is 5.69 Å². The van der Waals surface area contributed by atoms with Crippen LogP contribution in [0, 0.1) is 0 Å². The van der Waals surface area contributed by atoms with E-state index in [-0.39, 0.29) is 23.0 Å². The number of hydrogen-bond acceptors (Lipinski definition) is 6. The molecule has 0 unspecified atom stereocenters. The summed E-state index contributed by atoms with van der Waals surface area (Å²) in [5.74, 6) is 0.164. The SMILES string of the molecule is O=c1[nH]c2ccccc2c(=O)n1CCCNCCCCNCCCn1c(O)ccc1O. The van der Waals surface area contributed by atoms with Crippen LogP contribution in [0.4, 0.5) is 0 Å². The summed E-state index contributed by atoms with van der Waals surface area (Å²) in [6.07, 6.45) is 3.60. The molecule has 9 heteroatoms. The monoisotopic (exact) mass is 429 g/mol. The number of nitrogens with one attached hydrogen (secondary N) is 3. The molecule has 2 heterocycles. The average Bonchev–Trinajstić information content (AvgIpc) is 3.08. The average molecular weight is 430 g/mol. The number of benzene rings is 1. The fraction of sp³-hybridized carbons (Fsp3) is 0.455. The zero-order chi connectivity index (χ0) is 22.1. The molecule has 31 heavy (non-hydrogen) atoms. The molecule has 0 aliphatic rings. The third kappa shape index (κ3) is 6.22. The second-order valence-electron chi connectivity index (χ2n) is 7.55. The van der Waals surface area contributed by atoms with Crippen molar-refractivity contribution in [3.8, 4) is 11.8 Å². The lowest BCUT2D eigenvalue weighted by atomic mass is 10.2. The number of aromatic hydroxyl groups is 2. The molecule has 0 saturated carbocycles. The summed E-state index contributed by atoms with van der Waals surface area (Å²) < 4.78 is 2.74. The van der Waals surface area contributed by atoms with Gasteiger partial charge < -0.3 is 25.8 Å². The van der Waals surface area contributed by atoms with Crippen LogP contribution in [0.2, 0.25) is 0 Å². The lowest BCUT2D eigenvalue weighted by molar-refractivity contribution is 0.363. The normalized spacial score (nSPS) is 11.4. The van der Waals surface area contributed by atoms with Gasteiger partial charge in [0.05, 0.1) is 10.9 Å². The molecule has 0 amide bonds. The highest BCUT2D eigenvalue weighted by Crippen LogP contribution is 2.20. The van der Waals surface area contributed by atoms with Crippen molar-refractivity contribution < 1.29 is 10.2 Å². The topological polar surface area (TPSA) is 124 Å². The molecule has 3 rings (SSSR count). The van der Waals surface area contributed by atoms with Crippen LogP contribution < -0.4 is 21.9 Å². The number of hydrogen-bond donors (Lipinski definition) is 5. The fourth-order valence-electron chi connectivity index (χ4n) is 3.55. The van der Waals surface area contributed by atoms with Crippen LogP contribution in [-0.4, -0.2) is 50.5 Å². The molecule has 0 spiro atoms. The molecule has 1 aromatic carbocycles. The summed E-state index contributed by atoms with van der Waals surface area (Å²) >= 11 is 0. The molecular weight excluding hydrogens is 398 g/mol. The van der Waals surface area contributed by atoms with Crippen LogP contribution in [0.5, 0.6) is 11.8 Å². The summed E-state index contributed by atoms with van der Waals surface area (Å²) in [5.41, 5.74) is -0.0360. The van der Waals surface area contributed by atoms with Crippen LogP contribution in [0.1, 0.15) is 25.7 Å². The minimum absolute atomic E-state index is 0.0821. The zero-order valence-corrected chi connectivity index (χ0v) is 17.6. The van der Waals surface area contributed by atoms with E-state index in [1.165, 1.54) is 21.3 Å². The predicted molar refractivity (Wildman–Crippen MR) is 121 cm³/mol. The third-order valence-corrected chi connectivity index (χ3v) is 5.25. The van der Waals surface area contributed by atoms with E-state index in [0.29, 0.717) is 30.4 Å². The molecule has 0 radical (unpaired) electrons. The molecule has 2 aromatic heterocycles. The van der Waals surface area contributed by atoms with E-state index in [1.54, 1.807) is 24.3 Å². The summed E-state index contributed by atoms with van der Waals surface area (Å²) in [4.78, 5) is 27.3. The number of aromatic amines is 1. The molecule has 0 bridgehead atoms. The smallest absolute Gasteiger partial charge is 0.328 e. The van der Waals surface area contributed by atoms with Gasteiger partial charge in [0, 0.05) is 25.2 Å². The summed E-state index contributed by atoms with van der Waals surface area (Å²) in [6, 6.07) is 10.0. The van der Waals surface area contributed by atoms with E-state index in [2.05, 4.69) is 15.6 Å². The Labute approximate surface area is 180 Å². The Morgan fingerprint density at radius 2 is 1.29 bits per heavy atom. The highest BCUT2D eigenvalue weighted by Gasteiger charge is 2.06. The van der Waals surface area contributed by atoms with Crippen LogP contribution >= 0.6 is 0 Å². The molecule has 0 aliphatic carbocycles. The van der Waals surface area contributed by atoms with Crippen LogP contribution in [-0.2, 0) is 13.1 Å². The van der Waals surface area contributed by atoms with Crippen molar-refractivity contribution in [1.29, 1.82) is 0 Å². The second-order valence-corrected chi connectivity index (χ2v) is 7.55. The maximum atomic E-state index is 12.5. The Bertz CT molecular complexity index is 1070. The van der Waals surface area contributed by atoms with E-state index in [1.807, 2.05) is 0 Å². The van der Waals surface area contributed by atoms with Crippen LogP contribution in [0.3, 0.4) is 0 Å². The Balaban J connectivity index is 1.23. The van der Waals surface area contributed by atoms with Crippen molar-refractivity contribution >= 4 is 10.9 Å². The van der Waals surface area contributed by atoms with Gasteiger partial charge in [0.1, 0.15) is 0 Å². The van der Waals surface area contributed by atoms with Crippen LogP contribution in [0.15, 0.2) is 46.0 Å². The first-order valence-electron chi connectivity index (χ1n) is 10.8. The first-order chi connectivity index (χ1) is 15.1. The van der Waals surface area contributed by atoms with Crippen molar-refractivity contribution in [2.75, 3.05) is 26.2 Å². The van der Waals surface area contributed by atoms with Gasteiger partial charge in [-0.1, -0.05) is 12.1 Å². The zero-order valence-electron chi connectivity index (χ0n) is 17.6. The number of fused-ring (bicyclic) bond motifs is 1. The standard InChI is InChI=1S/C22H31N5O4/c28-19-9-10-20(29)26(19)15-5-13-23-11-3-4-12-24-14-6-16-27-21(30)17-7-1-2-8-18(17)25-22(27)31/h1-2,7-10,23-24,28-29H,3-6,11-16H2,(H,25,31). The number of nitrogens with zero attached hydrogens (tertiary/aromatic N) is 2. The lowest BCUT2D eigenvalue weighted by Crippen LogP contribution is -2.35. The third-order valence-electron chi connectivity index (χ3n) is 5.25. The molecule has 0 fully saturated rings. The lowest BCUT2D eigenvalue weighted by Gasteiger charge is -2.09.